The highest BCUT2D eigenvalue weighted by Crippen LogP contribution is 2.19. The maximum Gasteiger partial charge on any atom is 0.319 e. The van der Waals surface area contributed by atoms with Gasteiger partial charge < -0.3 is 15.7 Å². The predicted octanol–water partition coefficient (Wildman–Crippen LogP) is 2.51. The Kier molecular flexibility index (Phi) is 4.18. The van der Waals surface area contributed by atoms with Crippen LogP contribution in [-0.2, 0) is 0 Å². The minimum absolute atomic E-state index is 0.124. The fourth-order valence-corrected chi connectivity index (χ4v) is 1.90. The molecule has 0 bridgehead atoms. The standard InChI is InChI=1S/C15H22N4O2/c1-10(2)19-8-11-7-12(5-6-13(11)18-19)16-14(21)17-15(3,4)9-20/h5-8,10,20H,9H2,1-4H3,(H2,16,17,21). The van der Waals surface area contributed by atoms with Crippen LogP contribution in [-0.4, -0.2) is 33.1 Å². The first-order valence-electron chi connectivity index (χ1n) is 7.00. The maximum absolute atomic E-state index is 11.9. The van der Waals surface area contributed by atoms with Gasteiger partial charge in [-0.05, 0) is 45.9 Å². The van der Waals surface area contributed by atoms with E-state index in [4.69, 9.17) is 5.11 Å². The lowest BCUT2D eigenvalue weighted by Crippen LogP contribution is -2.48. The summed E-state index contributed by atoms with van der Waals surface area (Å²) in [6, 6.07) is 5.52. The third-order valence-electron chi connectivity index (χ3n) is 3.16. The number of nitrogens with zero attached hydrogens (tertiary/aromatic N) is 2. The van der Waals surface area contributed by atoms with E-state index in [1.54, 1.807) is 13.8 Å². The molecule has 0 aliphatic carbocycles. The molecule has 0 aliphatic heterocycles. The molecule has 0 saturated carbocycles. The van der Waals surface area contributed by atoms with Crippen LogP contribution in [0.4, 0.5) is 10.5 Å². The second-order valence-electron chi connectivity index (χ2n) is 6.10. The molecule has 1 aromatic carbocycles. The summed E-state index contributed by atoms with van der Waals surface area (Å²) in [7, 11) is 0. The lowest BCUT2D eigenvalue weighted by Gasteiger charge is -2.23. The molecule has 2 rings (SSSR count). The van der Waals surface area contributed by atoms with Gasteiger partial charge in [-0.15, -0.1) is 0 Å². The van der Waals surface area contributed by atoms with Crippen molar-refractivity contribution in [2.24, 2.45) is 0 Å². The molecule has 0 spiro atoms. The molecule has 0 fully saturated rings. The summed E-state index contributed by atoms with van der Waals surface area (Å²) in [6.45, 7) is 7.51. The number of aromatic nitrogens is 2. The van der Waals surface area contributed by atoms with Gasteiger partial charge in [-0.3, -0.25) is 4.68 Å². The van der Waals surface area contributed by atoms with Crippen molar-refractivity contribution < 1.29 is 9.90 Å². The van der Waals surface area contributed by atoms with Crippen LogP contribution < -0.4 is 10.6 Å². The third-order valence-corrected chi connectivity index (χ3v) is 3.16. The van der Waals surface area contributed by atoms with Gasteiger partial charge in [0.25, 0.3) is 0 Å². The van der Waals surface area contributed by atoms with E-state index in [0.717, 1.165) is 10.9 Å². The molecule has 21 heavy (non-hydrogen) atoms. The van der Waals surface area contributed by atoms with Gasteiger partial charge in [-0.1, -0.05) is 0 Å². The average molecular weight is 290 g/mol. The molecule has 0 radical (unpaired) electrons. The van der Waals surface area contributed by atoms with Crippen LogP contribution in [0.3, 0.4) is 0 Å². The normalized spacial score (nSPS) is 11.9. The lowest BCUT2D eigenvalue weighted by atomic mass is 10.1. The van der Waals surface area contributed by atoms with E-state index in [-0.39, 0.29) is 12.6 Å². The number of fused-ring (bicyclic) bond motifs is 1. The fraction of sp³-hybridized carbons (Fsp3) is 0.467. The van der Waals surface area contributed by atoms with Gasteiger partial charge in [0.15, 0.2) is 0 Å². The maximum atomic E-state index is 11.9. The summed E-state index contributed by atoms with van der Waals surface area (Å²) >= 11 is 0. The van der Waals surface area contributed by atoms with Crippen molar-refractivity contribution in [2.45, 2.75) is 39.3 Å². The van der Waals surface area contributed by atoms with Gasteiger partial charge in [0.05, 0.1) is 17.7 Å². The Hall–Kier alpha value is -2.08. The van der Waals surface area contributed by atoms with Crippen LogP contribution >= 0.6 is 0 Å². The van der Waals surface area contributed by atoms with Crippen molar-refractivity contribution in [2.75, 3.05) is 11.9 Å². The predicted molar refractivity (Wildman–Crippen MR) is 83.4 cm³/mol. The highest BCUT2D eigenvalue weighted by molar-refractivity contribution is 5.92. The van der Waals surface area contributed by atoms with Crippen molar-refractivity contribution >= 4 is 22.6 Å². The summed E-state index contributed by atoms with van der Waals surface area (Å²) in [5, 5.41) is 20.1. The lowest BCUT2D eigenvalue weighted by molar-refractivity contribution is 0.187. The Bertz CT molecular complexity index is 646. The second kappa shape index (κ2) is 5.73. The van der Waals surface area contributed by atoms with Gasteiger partial charge in [0.2, 0.25) is 0 Å². The van der Waals surface area contributed by atoms with Gasteiger partial charge in [0, 0.05) is 23.3 Å². The van der Waals surface area contributed by atoms with E-state index in [9.17, 15) is 4.79 Å². The van der Waals surface area contributed by atoms with Crippen LogP contribution in [0.2, 0.25) is 0 Å². The number of anilines is 1. The van der Waals surface area contributed by atoms with E-state index < -0.39 is 5.54 Å². The molecular formula is C15H22N4O2. The van der Waals surface area contributed by atoms with Crippen molar-refractivity contribution in [1.29, 1.82) is 0 Å². The Balaban J connectivity index is 2.14. The molecule has 0 saturated heterocycles. The molecule has 1 heterocycles. The molecule has 2 amide bonds. The monoisotopic (exact) mass is 290 g/mol. The first-order valence-corrected chi connectivity index (χ1v) is 7.00. The highest BCUT2D eigenvalue weighted by Gasteiger charge is 2.19. The van der Waals surface area contributed by atoms with E-state index >= 15 is 0 Å². The zero-order valence-electron chi connectivity index (χ0n) is 12.8. The van der Waals surface area contributed by atoms with E-state index in [0.29, 0.717) is 11.7 Å². The number of amides is 2. The molecule has 3 N–H and O–H groups in total. The molecule has 0 atom stereocenters. The zero-order valence-corrected chi connectivity index (χ0v) is 12.8. The number of rotatable bonds is 4. The van der Waals surface area contributed by atoms with Gasteiger partial charge in [0.1, 0.15) is 0 Å². The van der Waals surface area contributed by atoms with Crippen LogP contribution in [0.15, 0.2) is 24.4 Å². The van der Waals surface area contributed by atoms with Gasteiger partial charge in [-0.2, -0.15) is 5.10 Å². The van der Waals surface area contributed by atoms with Crippen LogP contribution in [0.5, 0.6) is 0 Å². The Morgan fingerprint density at radius 3 is 2.76 bits per heavy atom. The molecule has 6 heteroatoms. The van der Waals surface area contributed by atoms with Crippen molar-refractivity contribution in [3.8, 4) is 0 Å². The summed E-state index contributed by atoms with van der Waals surface area (Å²) in [5.74, 6) is 0. The van der Waals surface area contributed by atoms with Crippen molar-refractivity contribution in [1.82, 2.24) is 15.1 Å². The molecule has 6 nitrogen and oxygen atoms in total. The average Bonchev–Trinajstić information content (AvgIpc) is 2.81. The summed E-state index contributed by atoms with van der Waals surface area (Å²) in [6.07, 6.45) is 1.96. The van der Waals surface area contributed by atoms with Gasteiger partial charge in [-0.25, -0.2) is 4.79 Å². The molecule has 2 aromatic rings. The van der Waals surface area contributed by atoms with E-state index in [1.807, 2.05) is 29.1 Å². The number of urea groups is 1. The summed E-state index contributed by atoms with van der Waals surface area (Å²) in [4.78, 5) is 11.9. The minimum atomic E-state index is -0.656. The SMILES string of the molecule is CC(C)n1cc2cc(NC(=O)NC(C)(C)CO)ccc2n1. The number of hydrogen-bond donors (Lipinski definition) is 3. The quantitative estimate of drug-likeness (QED) is 0.809. The molecule has 0 unspecified atom stereocenters. The summed E-state index contributed by atoms with van der Waals surface area (Å²) < 4.78 is 1.89. The van der Waals surface area contributed by atoms with Crippen LogP contribution in [0.25, 0.3) is 10.9 Å². The number of hydrogen-bond acceptors (Lipinski definition) is 3. The van der Waals surface area contributed by atoms with Crippen LogP contribution in [0, 0.1) is 0 Å². The molecule has 0 aliphatic rings. The topological polar surface area (TPSA) is 79.2 Å². The number of benzene rings is 1. The number of nitrogens with one attached hydrogen (secondary N) is 2. The smallest absolute Gasteiger partial charge is 0.319 e. The molecule has 1 aromatic heterocycles. The van der Waals surface area contributed by atoms with Crippen LogP contribution in [0.1, 0.15) is 33.7 Å². The van der Waals surface area contributed by atoms with Crippen molar-refractivity contribution in [3.05, 3.63) is 24.4 Å². The first kappa shape index (κ1) is 15.3. The Labute approximate surface area is 124 Å². The second-order valence-corrected chi connectivity index (χ2v) is 6.10. The number of carbonyl (C=O) groups is 1. The van der Waals surface area contributed by atoms with E-state index in [1.165, 1.54) is 0 Å². The van der Waals surface area contributed by atoms with Gasteiger partial charge >= 0.3 is 6.03 Å². The van der Waals surface area contributed by atoms with E-state index in [2.05, 4.69) is 29.6 Å². The number of aliphatic hydroxyl groups is 1. The zero-order chi connectivity index (χ0) is 15.6. The largest absolute Gasteiger partial charge is 0.394 e. The number of aliphatic hydroxyl groups excluding tert-OH is 1. The Morgan fingerprint density at radius 1 is 1.43 bits per heavy atom. The highest BCUT2D eigenvalue weighted by atomic mass is 16.3. The molecular weight excluding hydrogens is 268 g/mol. The van der Waals surface area contributed by atoms with Crippen molar-refractivity contribution in [3.63, 3.8) is 0 Å². The third kappa shape index (κ3) is 3.72. The summed E-state index contributed by atoms with van der Waals surface area (Å²) in [5.41, 5.74) is 0.930. The minimum Gasteiger partial charge on any atom is -0.394 e. The first-order chi connectivity index (χ1) is 9.80. The molecule has 114 valence electrons. The number of carbonyl (C=O) groups excluding carboxylic acids is 1. The Morgan fingerprint density at radius 2 is 2.14 bits per heavy atom. The fourth-order valence-electron chi connectivity index (χ4n) is 1.90.